The first kappa shape index (κ1) is 24.2. The van der Waals surface area contributed by atoms with E-state index in [-0.39, 0.29) is 23.9 Å². The average Bonchev–Trinajstić information content (AvgIpc) is 3.15. The van der Waals surface area contributed by atoms with Crippen LogP contribution in [0.25, 0.3) is 5.57 Å². The van der Waals surface area contributed by atoms with E-state index in [9.17, 15) is 9.59 Å². The number of hydrogen-bond donors (Lipinski definition) is 2. The summed E-state index contributed by atoms with van der Waals surface area (Å²) < 4.78 is 1.64. The summed E-state index contributed by atoms with van der Waals surface area (Å²) in [6, 6.07) is 7.12. The number of hydrogen-bond acceptors (Lipinski definition) is 4. The summed E-state index contributed by atoms with van der Waals surface area (Å²) in [7, 11) is 1.80. The Bertz CT molecular complexity index is 1090. The monoisotopic (exact) mass is 450 g/mol. The molecule has 1 aliphatic rings. The summed E-state index contributed by atoms with van der Waals surface area (Å²) in [5, 5.41) is 10.2. The van der Waals surface area contributed by atoms with E-state index in [2.05, 4.69) is 34.6 Å². The van der Waals surface area contributed by atoms with Gasteiger partial charge in [0.05, 0.1) is 6.34 Å². The maximum atomic E-state index is 13.0. The maximum Gasteiger partial charge on any atom is 0.323 e. The van der Waals surface area contributed by atoms with E-state index >= 15 is 0 Å². The van der Waals surface area contributed by atoms with Crippen molar-refractivity contribution in [3.8, 4) is 0 Å². The summed E-state index contributed by atoms with van der Waals surface area (Å²) in [4.78, 5) is 31.9. The molecule has 1 aromatic carbocycles. The van der Waals surface area contributed by atoms with E-state index in [1.807, 2.05) is 39.8 Å². The van der Waals surface area contributed by atoms with E-state index in [4.69, 9.17) is 0 Å². The van der Waals surface area contributed by atoms with Crippen LogP contribution in [0.5, 0.6) is 0 Å². The highest BCUT2D eigenvalue weighted by atomic mass is 16.2. The minimum Gasteiger partial charge on any atom is -0.334 e. The lowest BCUT2D eigenvalue weighted by Gasteiger charge is -2.33. The third-order valence-electron chi connectivity index (χ3n) is 5.71. The Labute approximate surface area is 195 Å². The van der Waals surface area contributed by atoms with Gasteiger partial charge in [-0.3, -0.25) is 14.4 Å². The summed E-state index contributed by atoms with van der Waals surface area (Å²) in [6.07, 6.45) is 5.75. The second-order valence-electron chi connectivity index (χ2n) is 9.82. The number of urea groups is 1. The molecule has 0 saturated carbocycles. The molecule has 33 heavy (non-hydrogen) atoms. The fraction of sp³-hybridized carbons (Fsp3) is 0.440. The summed E-state index contributed by atoms with van der Waals surface area (Å²) in [6.45, 7) is 12.1. The zero-order valence-electron chi connectivity index (χ0n) is 20.5. The van der Waals surface area contributed by atoms with Crippen LogP contribution in [0.4, 0.5) is 10.6 Å². The van der Waals surface area contributed by atoms with Crippen molar-refractivity contribution in [3.63, 3.8) is 0 Å². The molecular weight excluding hydrogens is 416 g/mol. The molecule has 0 bridgehead atoms. The largest absolute Gasteiger partial charge is 0.334 e. The number of benzene rings is 1. The Morgan fingerprint density at radius 1 is 1.24 bits per heavy atom. The van der Waals surface area contributed by atoms with Crippen LogP contribution in [0.2, 0.25) is 0 Å². The highest BCUT2D eigenvalue weighted by molar-refractivity contribution is 6.04. The summed E-state index contributed by atoms with van der Waals surface area (Å²) >= 11 is 0. The van der Waals surface area contributed by atoms with Gasteiger partial charge in [-0.1, -0.05) is 19.9 Å². The van der Waals surface area contributed by atoms with Crippen molar-refractivity contribution in [3.05, 3.63) is 53.4 Å². The highest BCUT2D eigenvalue weighted by Gasteiger charge is 2.29. The van der Waals surface area contributed by atoms with Crippen LogP contribution in [0.15, 0.2) is 41.7 Å². The quantitative estimate of drug-likeness (QED) is 0.714. The highest BCUT2D eigenvalue weighted by Crippen LogP contribution is 2.28. The lowest BCUT2D eigenvalue weighted by atomic mass is 9.90. The fourth-order valence-electron chi connectivity index (χ4n) is 3.65. The Balaban J connectivity index is 1.97. The molecular formula is C25H34N6O2. The minimum atomic E-state index is -0.410. The van der Waals surface area contributed by atoms with E-state index in [0.717, 1.165) is 16.7 Å². The van der Waals surface area contributed by atoms with Gasteiger partial charge in [0.15, 0.2) is 5.82 Å². The van der Waals surface area contributed by atoms with Crippen LogP contribution >= 0.6 is 0 Å². The third-order valence-corrected chi connectivity index (χ3v) is 5.71. The number of carbonyl (C=O) groups is 2. The number of aromatic nitrogens is 2. The first-order valence-corrected chi connectivity index (χ1v) is 11.2. The maximum absolute atomic E-state index is 13.0. The van der Waals surface area contributed by atoms with Crippen molar-refractivity contribution in [2.24, 2.45) is 18.0 Å². The predicted molar refractivity (Wildman–Crippen MR) is 132 cm³/mol. The van der Waals surface area contributed by atoms with Crippen LogP contribution in [-0.4, -0.2) is 44.5 Å². The minimum absolute atomic E-state index is 0.0827. The molecule has 2 aromatic rings. The molecule has 0 spiro atoms. The van der Waals surface area contributed by atoms with Crippen molar-refractivity contribution in [1.82, 2.24) is 20.0 Å². The van der Waals surface area contributed by atoms with Gasteiger partial charge in [0.2, 0.25) is 0 Å². The molecule has 2 heterocycles. The smallest absolute Gasteiger partial charge is 0.323 e. The number of aliphatic imine (C=N–C) groups is 1. The van der Waals surface area contributed by atoms with Crippen LogP contribution in [0.3, 0.4) is 0 Å². The topological polar surface area (TPSA) is 91.6 Å². The normalized spacial score (nSPS) is 18.8. The standard InChI is InChI=1S/C25H34N6O2/c1-16(2)21-13-19(14-26-15-31(24(33)27-21)25(4,5)6)20-12-18(9-8-17(20)3)23(32)28-22-10-11-30(7)29-22/h8-12,14-16,21H,13H2,1-7H3,(H,27,33)(H,28,29,32)/b19-14+,26-15?. The third kappa shape index (κ3) is 5.88. The van der Waals surface area contributed by atoms with Crippen LogP contribution in [0, 0.1) is 12.8 Å². The second-order valence-corrected chi connectivity index (χ2v) is 9.82. The van der Waals surface area contributed by atoms with Gasteiger partial charge in [-0.05, 0) is 68.9 Å². The zero-order chi connectivity index (χ0) is 24.3. The fourth-order valence-corrected chi connectivity index (χ4v) is 3.65. The molecule has 0 fully saturated rings. The molecule has 1 aromatic heterocycles. The Morgan fingerprint density at radius 2 is 1.97 bits per heavy atom. The molecule has 1 unspecified atom stereocenters. The SMILES string of the molecule is Cc1ccc(C(=O)Nc2ccn(C)n2)cc1/C1=C/N=CN(C(C)(C)C)C(=O)NC(C(C)C)C1. The predicted octanol–water partition coefficient (Wildman–Crippen LogP) is 4.59. The average molecular weight is 451 g/mol. The first-order valence-electron chi connectivity index (χ1n) is 11.2. The van der Waals surface area contributed by atoms with Gasteiger partial charge in [-0.15, -0.1) is 0 Å². The van der Waals surface area contributed by atoms with Crippen molar-refractivity contribution >= 4 is 29.7 Å². The van der Waals surface area contributed by atoms with E-state index in [1.54, 1.807) is 47.5 Å². The summed E-state index contributed by atoms with van der Waals surface area (Å²) in [5.74, 6) is 0.490. The number of carbonyl (C=O) groups excluding carboxylic acids is 2. The van der Waals surface area contributed by atoms with Crippen LogP contribution in [-0.2, 0) is 7.05 Å². The molecule has 1 atom stereocenters. The van der Waals surface area contributed by atoms with E-state index < -0.39 is 5.54 Å². The van der Waals surface area contributed by atoms with E-state index in [1.165, 1.54) is 0 Å². The van der Waals surface area contributed by atoms with Crippen molar-refractivity contribution < 1.29 is 9.59 Å². The Hall–Kier alpha value is -3.42. The lowest BCUT2D eigenvalue weighted by Crippen LogP contribution is -2.52. The van der Waals surface area contributed by atoms with Crippen LogP contribution in [0.1, 0.15) is 62.5 Å². The number of nitrogens with zero attached hydrogens (tertiary/aromatic N) is 4. The number of anilines is 1. The van der Waals surface area contributed by atoms with Crippen molar-refractivity contribution in [1.29, 1.82) is 0 Å². The Kier molecular flexibility index (Phi) is 7.05. The Morgan fingerprint density at radius 3 is 2.58 bits per heavy atom. The van der Waals surface area contributed by atoms with Gasteiger partial charge in [-0.2, -0.15) is 5.10 Å². The number of aryl methyl sites for hydroxylation is 2. The molecule has 3 rings (SSSR count). The molecule has 3 amide bonds. The van der Waals surface area contributed by atoms with Gasteiger partial charge in [0.25, 0.3) is 5.91 Å². The second kappa shape index (κ2) is 9.60. The molecule has 0 aliphatic carbocycles. The number of amides is 3. The molecule has 8 heteroatoms. The molecule has 176 valence electrons. The molecule has 2 N–H and O–H groups in total. The van der Waals surface area contributed by atoms with Gasteiger partial charge >= 0.3 is 6.03 Å². The number of rotatable bonds is 4. The molecule has 0 saturated heterocycles. The molecule has 1 aliphatic heterocycles. The van der Waals surface area contributed by atoms with Gasteiger partial charge < -0.3 is 10.6 Å². The van der Waals surface area contributed by atoms with Gasteiger partial charge in [0, 0.05) is 42.7 Å². The number of nitrogens with one attached hydrogen (secondary N) is 2. The van der Waals surface area contributed by atoms with Gasteiger partial charge in [0.1, 0.15) is 0 Å². The molecule has 8 nitrogen and oxygen atoms in total. The lowest BCUT2D eigenvalue weighted by molar-refractivity contribution is 0.102. The van der Waals surface area contributed by atoms with Crippen molar-refractivity contribution in [2.45, 2.75) is 59.5 Å². The van der Waals surface area contributed by atoms with Crippen molar-refractivity contribution in [2.75, 3.05) is 5.32 Å². The molecule has 0 radical (unpaired) electrons. The van der Waals surface area contributed by atoms with E-state index in [0.29, 0.717) is 17.8 Å². The van der Waals surface area contributed by atoms with Gasteiger partial charge in [-0.25, -0.2) is 9.79 Å². The zero-order valence-corrected chi connectivity index (χ0v) is 20.5. The van der Waals surface area contributed by atoms with Crippen LogP contribution < -0.4 is 10.6 Å². The summed E-state index contributed by atoms with van der Waals surface area (Å²) in [5.41, 5.74) is 3.06. The first-order chi connectivity index (χ1) is 15.5.